The second-order valence-electron chi connectivity index (χ2n) is 24.4. The SMILES string of the molecule is C(#Cc1cc2ccc3ccc(-c4c5ccccc5cc5ccccc45)nc3c2nc1-c1c2ccccc2cc2ccccc12)c1ccc(C#Cc2cc3ccc4ccc(-c5c6ccccc6cc6ccccc56)nc4c3nc2-c2c3ccccc3cc3ccccc23)cc1. The molecule has 0 fully saturated rings. The van der Waals surface area contributed by atoms with E-state index >= 15 is 0 Å². The van der Waals surface area contributed by atoms with Crippen LogP contribution in [0.2, 0.25) is 0 Å². The third-order valence-electron chi connectivity index (χ3n) is 18.9. The third kappa shape index (κ3) is 8.74. The highest BCUT2D eigenvalue weighted by atomic mass is 14.8. The van der Waals surface area contributed by atoms with Gasteiger partial charge in [-0.1, -0.05) is 254 Å². The van der Waals surface area contributed by atoms with Crippen LogP contribution in [0.5, 0.6) is 0 Å². The van der Waals surface area contributed by atoms with Gasteiger partial charge in [-0.25, -0.2) is 19.9 Å². The van der Waals surface area contributed by atoms with Crippen molar-refractivity contribution in [1.29, 1.82) is 0 Å². The van der Waals surface area contributed by atoms with Crippen LogP contribution in [0, 0.1) is 23.7 Å². The number of benzene rings is 15. The first-order chi connectivity index (χ1) is 46.6. The van der Waals surface area contributed by atoms with Crippen LogP contribution in [-0.4, -0.2) is 19.9 Å². The van der Waals surface area contributed by atoms with Crippen LogP contribution in [-0.2, 0) is 0 Å². The van der Waals surface area contributed by atoms with Gasteiger partial charge in [-0.05, 0) is 159 Å². The van der Waals surface area contributed by atoms with Crippen LogP contribution in [0.15, 0.2) is 303 Å². The van der Waals surface area contributed by atoms with E-state index in [2.05, 4.69) is 327 Å². The van der Waals surface area contributed by atoms with Crippen molar-refractivity contribution in [2.75, 3.05) is 0 Å². The van der Waals surface area contributed by atoms with Gasteiger partial charge < -0.3 is 0 Å². The summed E-state index contributed by atoms with van der Waals surface area (Å²) >= 11 is 0. The highest BCUT2D eigenvalue weighted by Crippen LogP contribution is 2.44. The van der Waals surface area contributed by atoms with Gasteiger partial charge in [0, 0.05) is 54.9 Å². The van der Waals surface area contributed by atoms with Crippen molar-refractivity contribution in [3.63, 3.8) is 0 Å². The zero-order valence-electron chi connectivity index (χ0n) is 50.7. The average Bonchev–Trinajstić information content (AvgIpc) is 0.751. The Labute approximate surface area is 540 Å². The van der Waals surface area contributed by atoms with E-state index < -0.39 is 0 Å². The maximum absolute atomic E-state index is 5.75. The zero-order chi connectivity index (χ0) is 61.8. The monoisotopic (exact) mass is 1190 g/mol. The molecule has 19 aromatic rings. The fraction of sp³-hybridized carbons (Fsp3) is 0. The molecule has 4 nitrogen and oxygen atoms in total. The lowest BCUT2D eigenvalue weighted by Gasteiger charge is -2.15. The number of rotatable bonds is 4. The lowest BCUT2D eigenvalue weighted by atomic mass is 9.92. The topological polar surface area (TPSA) is 51.6 Å². The maximum atomic E-state index is 5.75. The summed E-state index contributed by atoms with van der Waals surface area (Å²) in [6.07, 6.45) is 0. The lowest BCUT2D eigenvalue weighted by Crippen LogP contribution is -1.96. The van der Waals surface area contributed by atoms with Crippen molar-refractivity contribution in [3.8, 4) is 68.7 Å². The van der Waals surface area contributed by atoms with Crippen molar-refractivity contribution in [1.82, 2.24) is 19.9 Å². The zero-order valence-corrected chi connectivity index (χ0v) is 50.7. The summed E-state index contributed by atoms with van der Waals surface area (Å²) in [6.45, 7) is 0. The van der Waals surface area contributed by atoms with Crippen molar-refractivity contribution in [2.24, 2.45) is 0 Å². The smallest absolute Gasteiger partial charge is 0.0973 e. The summed E-state index contributed by atoms with van der Waals surface area (Å²) in [7, 11) is 0. The van der Waals surface area contributed by atoms with Gasteiger partial charge in [0.05, 0.1) is 56.0 Å². The van der Waals surface area contributed by atoms with E-state index in [0.717, 1.165) is 176 Å². The molecule has 0 radical (unpaired) electrons. The quantitative estimate of drug-likeness (QED) is 0.100. The van der Waals surface area contributed by atoms with E-state index in [1.165, 1.54) is 21.5 Å². The van der Waals surface area contributed by atoms with Crippen molar-refractivity contribution >= 4 is 130 Å². The Morgan fingerprint density at radius 2 is 0.426 bits per heavy atom. The molecule has 4 heterocycles. The van der Waals surface area contributed by atoms with E-state index in [0.29, 0.717) is 0 Å². The van der Waals surface area contributed by atoms with Crippen molar-refractivity contribution in [2.45, 2.75) is 0 Å². The number of aromatic nitrogens is 4. The van der Waals surface area contributed by atoms with Crippen LogP contribution >= 0.6 is 0 Å². The molecule has 0 aliphatic carbocycles. The lowest BCUT2D eigenvalue weighted by molar-refractivity contribution is 1.37. The Bertz CT molecular complexity index is 6000. The molecule has 0 spiro atoms. The van der Waals surface area contributed by atoms with Gasteiger partial charge >= 0.3 is 0 Å². The number of hydrogen-bond acceptors (Lipinski definition) is 4. The molecule has 4 heteroatoms. The molecule has 19 rings (SSSR count). The first-order valence-corrected chi connectivity index (χ1v) is 31.8. The molecule has 0 saturated heterocycles. The normalized spacial score (nSPS) is 11.7. The Hall–Kier alpha value is -12.9. The van der Waals surface area contributed by atoms with E-state index in [-0.39, 0.29) is 0 Å². The average molecular weight is 1190 g/mol. The molecule has 430 valence electrons. The van der Waals surface area contributed by atoms with E-state index in [1.54, 1.807) is 0 Å². The minimum Gasteiger partial charge on any atom is -0.245 e. The Morgan fingerprint density at radius 1 is 0.181 bits per heavy atom. The van der Waals surface area contributed by atoms with Gasteiger partial charge in [0.15, 0.2) is 0 Å². The predicted octanol–water partition coefficient (Wildman–Crippen LogP) is 22.6. The molecule has 0 atom stereocenters. The van der Waals surface area contributed by atoms with Gasteiger partial charge in [-0.3, -0.25) is 0 Å². The molecule has 4 aromatic heterocycles. The van der Waals surface area contributed by atoms with Gasteiger partial charge in [0.1, 0.15) is 0 Å². The number of hydrogen-bond donors (Lipinski definition) is 0. The first-order valence-electron chi connectivity index (χ1n) is 31.8. The van der Waals surface area contributed by atoms with Crippen LogP contribution in [0.4, 0.5) is 0 Å². The summed E-state index contributed by atoms with van der Waals surface area (Å²) < 4.78 is 0. The number of nitrogens with zero attached hydrogens (tertiary/aromatic N) is 4. The standard InChI is InChI=1S/C90H50N4/c1-9-25-71-59(17-1)49-60-18-2-10-26-72(60)81(71)79-47-45-57-41-43-69-53-67(85(93-89(69)87(57)91-79)83-75-29-13-5-21-63(75)51-64-22-6-14-30-76(64)83)39-37-55-33-35-56(36-34-55)38-40-68-54-70-44-42-58-46-48-80(82-73-27-11-3-19-61(73)50-62-20-4-12-28-74(62)82)92-88(58)90(70)94-86(68)84-77-31-15-7-23-65(77)52-66-24-8-16-32-78(66)84/h1-36,41-54H. The van der Waals surface area contributed by atoms with Crippen LogP contribution < -0.4 is 0 Å². The van der Waals surface area contributed by atoms with Gasteiger partial charge in [0.25, 0.3) is 0 Å². The fourth-order valence-electron chi connectivity index (χ4n) is 14.5. The first kappa shape index (κ1) is 53.0. The Balaban J connectivity index is 0.756. The van der Waals surface area contributed by atoms with Crippen molar-refractivity contribution in [3.05, 3.63) is 326 Å². The van der Waals surface area contributed by atoms with Gasteiger partial charge in [-0.2, -0.15) is 0 Å². The van der Waals surface area contributed by atoms with Crippen LogP contribution in [0.25, 0.3) is 175 Å². The minimum atomic E-state index is 0.812. The predicted molar refractivity (Wildman–Crippen MR) is 394 cm³/mol. The number of pyridine rings is 4. The summed E-state index contributed by atoms with van der Waals surface area (Å²) in [4.78, 5) is 22.7. The van der Waals surface area contributed by atoms with E-state index in [4.69, 9.17) is 19.9 Å². The molecular weight excluding hydrogens is 1140 g/mol. The molecule has 0 aliphatic rings. The molecule has 0 saturated carbocycles. The molecule has 94 heavy (non-hydrogen) atoms. The van der Waals surface area contributed by atoms with Crippen molar-refractivity contribution < 1.29 is 0 Å². The Morgan fingerprint density at radius 3 is 0.723 bits per heavy atom. The largest absolute Gasteiger partial charge is 0.245 e. The number of fused-ring (bicyclic) bond motifs is 14. The van der Waals surface area contributed by atoms with Crippen LogP contribution in [0.1, 0.15) is 22.3 Å². The van der Waals surface area contributed by atoms with E-state index in [1.807, 2.05) is 0 Å². The molecule has 0 amide bonds. The van der Waals surface area contributed by atoms with Crippen LogP contribution in [0.3, 0.4) is 0 Å². The second kappa shape index (κ2) is 21.4. The Kier molecular flexibility index (Phi) is 12.1. The van der Waals surface area contributed by atoms with Gasteiger partial charge in [0.2, 0.25) is 0 Å². The summed E-state index contributed by atoms with van der Waals surface area (Å²) in [6, 6.07) is 108. The molecule has 0 bridgehead atoms. The highest BCUT2D eigenvalue weighted by molar-refractivity contribution is 6.19. The fourth-order valence-corrected chi connectivity index (χ4v) is 14.5. The van der Waals surface area contributed by atoms with E-state index in [9.17, 15) is 0 Å². The molecule has 0 N–H and O–H groups in total. The summed E-state index contributed by atoms with van der Waals surface area (Å²) in [5, 5.41) is 22.3. The minimum absolute atomic E-state index is 0.812. The van der Waals surface area contributed by atoms with Gasteiger partial charge in [-0.15, -0.1) is 0 Å². The molecule has 0 aliphatic heterocycles. The third-order valence-corrected chi connectivity index (χ3v) is 18.9. The summed E-state index contributed by atoms with van der Waals surface area (Å²) in [5.74, 6) is 14.6. The second-order valence-corrected chi connectivity index (χ2v) is 24.4. The highest BCUT2D eigenvalue weighted by Gasteiger charge is 2.22. The maximum Gasteiger partial charge on any atom is 0.0973 e. The molecule has 0 unspecified atom stereocenters. The summed E-state index contributed by atoms with van der Waals surface area (Å²) in [5.41, 5.74) is 14.5. The molecule has 15 aromatic carbocycles. The molecular formula is C90H50N4.